The van der Waals surface area contributed by atoms with Crippen molar-refractivity contribution in [3.63, 3.8) is 0 Å². The maximum Gasteiger partial charge on any atom is 0.409 e. The minimum absolute atomic E-state index is 0.152. The monoisotopic (exact) mass is 355 g/mol. The van der Waals surface area contributed by atoms with Crippen LogP contribution < -0.4 is 5.32 Å². The number of piperazine rings is 1. The van der Waals surface area contributed by atoms with Crippen molar-refractivity contribution < 1.29 is 14.3 Å². The van der Waals surface area contributed by atoms with Crippen molar-refractivity contribution in [1.29, 1.82) is 0 Å². The highest BCUT2D eigenvalue weighted by Crippen LogP contribution is 2.15. The molecule has 6 nitrogen and oxygen atoms in total. The summed E-state index contributed by atoms with van der Waals surface area (Å²) in [5.74, 6) is 0. The molecule has 1 aromatic carbocycles. The molecule has 0 atom stereocenters. The fourth-order valence-corrected chi connectivity index (χ4v) is 2.31. The van der Waals surface area contributed by atoms with Crippen molar-refractivity contribution >= 4 is 33.7 Å². The molecule has 1 N–H and O–H groups in total. The SMILES string of the molecule is CCOC(=O)N1CCN(C(=O)Nc2ccc(Br)cc2)CC1. The Morgan fingerprint density at radius 1 is 1.14 bits per heavy atom. The molecule has 114 valence electrons. The van der Waals surface area contributed by atoms with Gasteiger partial charge in [0.25, 0.3) is 0 Å². The Bertz CT molecular complexity index is 499. The number of nitrogens with one attached hydrogen (secondary N) is 1. The second kappa shape index (κ2) is 7.31. The van der Waals surface area contributed by atoms with Crippen LogP contribution in [0.1, 0.15) is 6.92 Å². The number of hydrogen-bond acceptors (Lipinski definition) is 3. The molecule has 1 saturated heterocycles. The number of halogens is 1. The third-order valence-corrected chi connectivity index (χ3v) is 3.72. The minimum Gasteiger partial charge on any atom is -0.450 e. The van der Waals surface area contributed by atoms with E-state index in [2.05, 4.69) is 21.2 Å². The van der Waals surface area contributed by atoms with Gasteiger partial charge >= 0.3 is 12.1 Å². The van der Waals surface area contributed by atoms with Crippen molar-refractivity contribution in [3.8, 4) is 0 Å². The van der Waals surface area contributed by atoms with Gasteiger partial charge in [0.05, 0.1) is 6.61 Å². The highest BCUT2D eigenvalue weighted by Gasteiger charge is 2.24. The quantitative estimate of drug-likeness (QED) is 0.887. The Kier molecular flexibility index (Phi) is 5.44. The first-order valence-corrected chi connectivity index (χ1v) is 7.62. The van der Waals surface area contributed by atoms with Crippen LogP contribution in [-0.4, -0.2) is 54.7 Å². The van der Waals surface area contributed by atoms with E-state index in [0.29, 0.717) is 32.8 Å². The Hall–Kier alpha value is -1.76. The van der Waals surface area contributed by atoms with Crippen molar-refractivity contribution in [1.82, 2.24) is 9.80 Å². The fraction of sp³-hybridized carbons (Fsp3) is 0.429. The van der Waals surface area contributed by atoms with Crippen LogP contribution in [-0.2, 0) is 4.74 Å². The summed E-state index contributed by atoms with van der Waals surface area (Å²) >= 11 is 3.35. The molecular weight excluding hydrogens is 338 g/mol. The van der Waals surface area contributed by atoms with Crippen LogP contribution in [0, 0.1) is 0 Å². The maximum atomic E-state index is 12.1. The van der Waals surface area contributed by atoms with Crippen LogP contribution in [0.2, 0.25) is 0 Å². The van der Waals surface area contributed by atoms with Gasteiger partial charge in [-0.25, -0.2) is 9.59 Å². The predicted octanol–water partition coefficient (Wildman–Crippen LogP) is 2.76. The largest absolute Gasteiger partial charge is 0.450 e. The summed E-state index contributed by atoms with van der Waals surface area (Å²) in [5, 5.41) is 2.84. The Balaban J connectivity index is 1.83. The predicted molar refractivity (Wildman–Crippen MR) is 83.3 cm³/mol. The van der Waals surface area contributed by atoms with Crippen LogP contribution in [0.5, 0.6) is 0 Å². The van der Waals surface area contributed by atoms with Gasteiger partial charge in [0.2, 0.25) is 0 Å². The van der Waals surface area contributed by atoms with Crippen LogP contribution in [0.25, 0.3) is 0 Å². The Morgan fingerprint density at radius 2 is 1.71 bits per heavy atom. The molecule has 7 heteroatoms. The number of nitrogens with zero attached hydrogens (tertiary/aromatic N) is 2. The van der Waals surface area contributed by atoms with E-state index >= 15 is 0 Å². The van der Waals surface area contributed by atoms with E-state index in [1.807, 2.05) is 24.3 Å². The third kappa shape index (κ3) is 4.35. The molecule has 21 heavy (non-hydrogen) atoms. The van der Waals surface area contributed by atoms with Gasteiger partial charge in [0, 0.05) is 36.3 Å². The van der Waals surface area contributed by atoms with E-state index in [0.717, 1.165) is 10.2 Å². The second-order valence-corrected chi connectivity index (χ2v) is 5.53. The average Bonchev–Trinajstić information content (AvgIpc) is 2.50. The molecular formula is C14H18BrN3O3. The molecule has 3 amide bonds. The van der Waals surface area contributed by atoms with E-state index in [1.54, 1.807) is 16.7 Å². The average molecular weight is 356 g/mol. The summed E-state index contributed by atoms with van der Waals surface area (Å²) < 4.78 is 5.91. The van der Waals surface area contributed by atoms with E-state index in [1.165, 1.54) is 0 Å². The first-order valence-electron chi connectivity index (χ1n) is 6.83. The molecule has 1 aromatic rings. The number of ether oxygens (including phenoxy) is 1. The van der Waals surface area contributed by atoms with E-state index < -0.39 is 0 Å². The third-order valence-electron chi connectivity index (χ3n) is 3.19. The van der Waals surface area contributed by atoms with Crippen molar-refractivity contribution in [2.24, 2.45) is 0 Å². The Morgan fingerprint density at radius 3 is 2.29 bits per heavy atom. The summed E-state index contributed by atoms with van der Waals surface area (Å²) in [6, 6.07) is 7.25. The van der Waals surface area contributed by atoms with Crippen LogP contribution in [0.4, 0.5) is 15.3 Å². The van der Waals surface area contributed by atoms with Crippen LogP contribution >= 0.6 is 15.9 Å². The number of hydrogen-bond donors (Lipinski definition) is 1. The highest BCUT2D eigenvalue weighted by molar-refractivity contribution is 9.10. The number of anilines is 1. The highest BCUT2D eigenvalue weighted by atomic mass is 79.9. The number of carbonyl (C=O) groups is 2. The van der Waals surface area contributed by atoms with Crippen LogP contribution in [0.3, 0.4) is 0 Å². The maximum absolute atomic E-state index is 12.1. The van der Waals surface area contributed by atoms with Gasteiger partial charge in [0.15, 0.2) is 0 Å². The van der Waals surface area contributed by atoms with Crippen molar-refractivity contribution in [2.45, 2.75) is 6.92 Å². The minimum atomic E-state index is -0.314. The van der Waals surface area contributed by atoms with Crippen molar-refractivity contribution in [2.75, 3.05) is 38.1 Å². The van der Waals surface area contributed by atoms with Gasteiger partial charge in [-0.3, -0.25) is 0 Å². The van der Waals surface area contributed by atoms with Gasteiger partial charge in [-0.2, -0.15) is 0 Å². The van der Waals surface area contributed by atoms with Gasteiger partial charge in [0.1, 0.15) is 0 Å². The fourth-order valence-electron chi connectivity index (χ4n) is 2.04. The lowest BCUT2D eigenvalue weighted by Crippen LogP contribution is -2.51. The number of carbonyl (C=O) groups excluding carboxylic acids is 2. The summed E-state index contributed by atoms with van der Waals surface area (Å²) in [4.78, 5) is 27.0. The van der Waals surface area contributed by atoms with Gasteiger partial charge in [-0.15, -0.1) is 0 Å². The van der Waals surface area contributed by atoms with E-state index in [9.17, 15) is 9.59 Å². The lowest BCUT2D eigenvalue weighted by Gasteiger charge is -2.33. The molecule has 0 spiro atoms. The van der Waals surface area contributed by atoms with Crippen LogP contribution in [0.15, 0.2) is 28.7 Å². The smallest absolute Gasteiger partial charge is 0.409 e. The number of rotatable bonds is 2. The molecule has 0 radical (unpaired) electrons. The van der Waals surface area contributed by atoms with Crippen molar-refractivity contribution in [3.05, 3.63) is 28.7 Å². The summed E-state index contributed by atoms with van der Waals surface area (Å²) in [7, 11) is 0. The molecule has 2 rings (SSSR count). The van der Waals surface area contributed by atoms with Gasteiger partial charge in [-0.1, -0.05) is 15.9 Å². The topological polar surface area (TPSA) is 61.9 Å². The molecule has 0 aromatic heterocycles. The summed E-state index contributed by atoms with van der Waals surface area (Å²) in [5.41, 5.74) is 0.746. The molecule has 1 heterocycles. The van der Waals surface area contributed by atoms with Gasteiger partial charge in [-0.05, 0) is 31.2 Å². The molecule has 1 aliphatic rings. The van der Waals surface area contributed by atoms with Gasteiger partial charge < -0.3 is 19.9 Å². The summed E-state index contributed by atoms with van der Waals surface area (Å²) in [6.07, 6.45) is -0.314. The molecule has 0 bridgehead atoms. The van der Waals surface area contributed by atoms with E-state index in [-0.39, 0.29) is 12.1 Å². The molecule has 1 aliphatic heterocycles. The summed E-state index contributed by atoms with van der Waals surface area (Å²) in [6.45, 7) is 4.13. The zero-order chi connectivity index (χ0) is 15.2. The molecule has 1 fully saturated rings. The lowest BCUT2D eigenvalue weighted by atomic mass is 10.3. The standard InChI is InChI=1S/C14H18BrN3O3/c1-2-21-14(20)18-9-7-17(8-10-18)13(19)16-12-5-3-11(15)4-6-12/h3-6H,2,7-10H2,1H3,(H,16,19). The number of urea groups is 1. The zero-order valence-corrected chi connectivity index (χ0v) is 13.4. The normalized spacial score (nSPS) is 14.8. The number of benzene rings is 1. The number of amides is 3. The zero-order valence-electron chi connectivity index (χ0n) is 11.8. The first kappa shape index (κ1) is 15.6. The van der Waals surface area contributed by atoms with E-state index in [4.69, 9.17) is 4.74 Å². The Labute approximate surface area is 132 Å². The molecule has 0 aliphatic carbocycles. The molecule has 0 saturated carbocycles. The second-order valence-electron chi connectivity index (χ2n) is 4.61. The molecule has 0 unspecified atom stereocenters. The first-order chi connectivity index (χ1) is 10.1. The lowest BCUT2D eigenvalue weighted by molar-refractivity contribution is 0.0868.